The number of hydrogen-bond acceptors (Lipinski definition) is 3. The van der Waals surface area contributed by atoms with E-state index >= 15 is 0 Å². The Hall–Kier alpha value is -1.40. The first-order valence-corrected chi connectivity index (χ1v) is 8.94. The molecule has 2 unspecified atom stereocenters. The second kappa shape index (κ2) is 9.52. The molecule has 0 fully saturated rings. The van der Waals surface area contributed by atoms with Crippen molar-refractivity contribution in [1.82, 2.24) is 10.6 Å². The van der Waals surface area contributed by atoms with Crippen molar-refractivity contribution in [2.24, 2.45) is 0 Å². The van der Waals surface area contributed by atoms with Gasteiger partial charge in [0.05, 0.1) is 0 Å². The minimum Gasteiger partial charge on any atom is -0.337 e. The van der Waals surface area contributed by atoms with E-state index in [9.17, 15) is 9.00 Å². The molecule has 1 aromatic rings. The minimum absolute atomic E-state index is 0.273. The fourth-order valence-corrected chi connectivity index (χ4v) is 2.21. The average molecular weight is 311 g/mol. The standard InChI is InChI=1S/C15H25N3O2S/c1-4-9-16-12(2)13-5-7-14(8-6-13)18-15(19)17-10-11-21(3)20/h5-8,12,16H,4,9-11H2,1-3H3,(H2,17,18,19). The summed E-state index contributed by atoms with van der Waals surface area (Å²) in [6.45, 7) is 5.66. The molecule has 3 N–H and O–H groups in total. The van der Waals surface area contributed by atoms with Crippen molar-refractivity contribution in [3.63, 3.8) is 0 Å². The van der Waals surface area contributed by atoms with E-state index in [1.54, 1.807) is 6.26 Å². The summed E-state index contributed by atoms with van der Waals surface area (Å²) in [6.07, 6.45) is 2.72. The maximum absolute atomic E-state index is 11.6. The van der Waals surface area contributed by atoms with Crippen LogP contribution in [0.4, 0.5) is 10.5 Å². The second-order valence-corrected chi connectivity index (χ2v) is 6.51. The predicted molar refractivity (Wildman–Crippen MR) is 89.1 cm³/mol. The Morgan fingerprint density at radius 3 is 2.48 bits per heavy atom. The number of anilines is 1. The number of amides is 2. The maximum atomic E-state index is 11.6. The number of rotatable bonds is 8. The van der Waals surface area contributed by atoms with E-state index in [1.165, 1.54) is 5.56 Å². The number of urea groups is 1. The van der Waals surface area contributed by atoms with Gasteiger partial charge in [-0.2, -0.15) is 0 Å². The van der Waals surface area contributed by atoms with Crippen LogP contribution in [0, 0.1) is 0 Å². The van der Waals surface area contributed by atoms with Crippen molar-refractivity contribution in [3.05, 3.63) is 29.8 Å². The lowest BCUT2D eigenvalue weighted by Gasteiger charge is -2.14. The third-order valence-corrected chi connectivity index (χ3v) is 3.82. The molecule has 0 aliphatic rings. The Bertz CT molecular complexity index is 462. The van der Waals surface area contributed by atoms with Gasteiger partial charge in [0.1, 0.15) is 0 Å². The van der Waals surface area contributed by atoms with E-state index in [1.807, 2.05) is 24.3 Å². The quantitative estimate of drug-likeness (QED) is 0.689. The van der Waals surface area contributed by atoms with Gasteiger partial charge in [-0.15, -0.1) is 0 Å². The van der Waals surface area contributed by atoms with Crippen LogP contribution >= 0.6 is 0 Å². The van der Waals surface area contributed by atoms with Gasteiger partial charge in [-0.1, -0.05) is 19.1 Å². The molecule has 118 valence electrons. The largest absolute Gasteiger partial charge is 0.337 e. The smallest absolute Gasteiger partial charge is 0.319 e. The molecule has 6 heteroatoms. The Labute approximate surface area is 129 Å². The normalized spacial score (nSPS) is 13.5. The maximum Gasteiger partial charge on any atom is 0.319 e. The molecule has 0 saturated heterocycles. The van der Waals surface area contributed by atoms with Gasteiger partial charge in [0.15, 0.2) is 0 Å². The zero-order chi connectivity index (χ0) is 15.7. The van der Waals surface area contributed by atoms with Crippen molar-refractivity contribution >= 4 is 22.5 Å². The summed E-state index contributed by atoms with van der Waals surface area (Å²) in [5.74, 6) is 0.465. The molecule has 21 heavy (non-hydrogen) atoms. The zero-order valence-corrected chi connectivity index (χ0v) is 13.8. The Balaban J connectivity index is 2.43. The Kier molecular flexibility index (Phi) is 8.00. The fourth-order valence-electron chi connectivity index (χ4n) is 1.82. The summed E-state index contributed by atoms with van der Waals surface area (Å²) < 4.78 is 10.9. The first-order valence-electron chi connectivity index (χ1n) is 7.21. The lowest BCUT2D eigenvalue weighted by Crippen LogP contribution is -2.31. The number of carbonyl (C=O) groups is 1. The highest BCUT2D eigenvalue weighted by molar-refractivity contribution is 7.84. The Morgan fingerprint density at radius 1 is 1.24 bits per heavy atom. The highest BCUT2D eigenvalue weighted by atomic mass is 32.2. The summed E-state index contributed by atoms with van der Waals surface area (Å²) in [4.78, 5) is 11.6. The topological polar surface area (TPSA) is 70.2 Å². The molecule has 1 aromatic carbocycles. The number of hydrogen-bond donors (Lipinski definition) is 3. The highest BCUT2D eigenvalue weighted by Gasteiger charge is 2.05. The van der Waals surface area contributed by atoms with Crippen molar-refractivity contribution in [2.75, 3.05) is 30.4 Å². The summed E-state index contributed by atoms with van der Waals surface area (Å²) in [5.41, 5.74) is 1.94. The van der Waals surface area contributed by atoms with Crippen LogP contribution in [0.1, 0.15) is 31.9 Å². The molecule has 0 aliphatic carbocycles. The van der Waals surface area contributed by atoms with E-state index in [0.29, 0.717) is 18.3 Å². The van der Waals surface area contributed by atoms with Gasteiger partial charge in [-0.05, 0) is 37.6 Å². The van der Waals surface area contributed by atoms with Crippen LogP contribution in [-0.4, -0.2) is 35.3 Å². The van der Waals surface area contributed by atoms with Crippen LogP contribution in [0.2, 0.25) is 0 Å². The van der Waals surface area contributed by atoms with Gasteiger partial charge < -0.3 is 16.0 Å². The van der Waals surface area contributed by atoms with Gasteiger partial charge in [0, 0.05) is 41.1 Å². The van der Waals surface area contributed by atoms with Gasteiger partial charge in [0.25, 0.3) is 0 Å². The summed E-state index contributed by atoms with van der Waals surface area (Å²) >= 11 is 0. The molecule has 2 atom stereocenters. The van der Waals surface area contributed by atoms with Crippen LogP contribution in [0.5, 0.6) is 0 Å². The van der Waals surface area contributed by atoms with Gasteiger partial charge in [-0.3, -0.25) is 4.21 Å². The van der Waals surface area contributed by atoms with Crippen LogP contribution in [0.25, 0.3) is 0 Å². The molecule has 0 heterocycles. The minimum atomic E-state index is -0.889. The summed E-state index contributed by atoms with van der Waals surface area (Å²) in [7, 11) is -0.889. The second-order valence-electron chi connectivity index (χ2n) is 4.96. The molecule has 0 spiro atoms. The van der Waals surface area contributed by atoms with Gasteiger partial charge in [-0.25, -0.2) is 4.79 Å². The molecule has 0 radical (unpaired) electrons. The van der Waals surface area contributed by atoms with E-state index in [-0.39, 0.29) is 6.03 Å². The molecule has 0 aromatic heterocycles. The molecule has 5 nitrogen and oxygen atoms in total. The first-order chi connectivity index (χ1) is 10.0. The average Bonchev–Trinajstić information content (AvgIpc) is 2.45. The molecule has 1 rings (SSSR count). The van der Waals surface area contributed by atoms with Gasteiger partial charge >= 0.3 is 6.03 Å². The fraction of sp³-hybridized carbons (Fsp3) is 0.533. The van der Waals surface area contributed by atoms with Crippen LogP contribution < -0.4 is 16.0 Å². The molecular formula is C15H25N3O2S. The number of nitrogens with one attached hydrogen (secondary N) is 3. The molecule has 0 saturated carbocycles. The van der Waals surface area contributed by atoms with Crippen LogP contribution in [0.15, 0.2) is 24.3 Å². The van der Waals surface area contributed by atoms with Crippen LogP contribution in [-0.2, 0) is 10.8 Å². The van der Waals surface area contributed by atoms with E-state index in [2.05, 4.69) is 29.8 Å². The van der Waals surface area contributed by atoms with Gasteiger partial charge in [0.2, 0.25) is 0 Å². The summed E-state index contributed by atoms with van der Waals surface area (Å²) in [6, 6.07) is 7.81. The molecule has 0 bridgehead atoms. The molecule has 2 amide bonds. The zero-order valence-electron chi connectivity index (χ0n) is 12.9. The SMILES string of the molecule is CCCNC(C)c1ccc(NC(=O)NCCS(C)=O)cc1. The molecular weight excluding hydrogens is 286 g/mol. The van der Waals surface area contributed by atoms with E-state index in [0.717, 1.165) is 18.7 Å². The lowest BCUT2D eigenvalue weighted by atomic mass is 10.1. The first kappa shape index (κ1) is 17.7. The van der Waals surface area contributed by atoms with Crippen molar-refractivity contribution < 1.29 is 9.00 Å². The van der Waals surface area contributed by atoms with Crippen molar-refractivity contribution in [2.45, 2.75) is 26.3 Å². The molecule has 0 aliphatic heterocycles. The summed E-state index contributed by atoms with van der Waals surface area (Å²) in [5, 5.41) is 8.85. The van der Waals surface area contributed by atoms with Crippen molar-refractivity contribution in [1.29, 1.82) is 0 Å². The predicted octanol–water partition coefficient (Wildman–Crippen LogP) is 2.25. The monoisotopic (exact) mass is 311 g/mol. The number of carbonyl (C=O) groups excluding carboxylic acids is 1. The Morgan fingerprint density at radius 2 is 1.90 bits per heavy atom. The lowest BCUT2D eigenvalue weighted by molar-refractivity contribution is 0.252. The van der Waals surface area contributed by atoms with Crippen LogP contribution in [0.3, 0.4) is 0 Å². The number of benzene rings is 1. The third-order valence-electron chi connectivity index (χ3n) is 3.04. The van der Waals surface area contributed by atoms with E-state index in [4.69, 9.17) is 0 Å². The van der Waals surface area contributed by atoms with E-state index < -0.39 is 10.8 Å². The van der Waals surface area contributed by atoms with Crippen molar-refractivity contribution in [3.8, 4) is 0 Å². The highest BCUT2D eigenvalue weighted by Crippen LogP contribution is 2.15. The third kappa shape index (κ3) is 7.24.